The van der Waals surface area contributed by atoms with E-state index < -0.39 is 5.97 Å². The van der Waals surface area contributed by atoms with Crippen molar-refractivity contribution in [1.82, 2.24) is 0 Å². The third kappa shape index (κ3) is 3.76. The molecule has 1 aromatic carbocycles. The van der Waals surface area contributed by atoms with E-state index in [4.69, 9.17) is 16.7 Å². The maximum Gasteiger partial charge on any atom is 0.306 e. The van der Waals surface area contributed by atoms with Gasteiger partial charge < -0.3 is 5.11 Å². The molecule has 0 amide bonds. The van der Waals surface area contributed by atoms with Crippen LogP contribution < -0.4 is 0 Å². The van der Waals surface area contributed by atoms with Crippen LogP contribution >= 0.6 is 23.4 Å². The van der Waals surface area contributed by atoms with E-state index >= 15 is 0 Å². The summed E-state index contributed by atoms with van der Waals surface area (Å²) in [6.45, 7) is 1.70. The second-order valence-corrected chi connectivity index (χ2v) is 4.76. The Hall–Kier alpha value is -0.670. The molecule has 0 fully saturated rings. The number of hydrogen-bond acceptors (Lipinski definition) is 2. The van der Waals surface area contributed by atoms with Gasteiger partial charge in [-0.25, -0.2) is 0 Å². The quantitative estimate of drug-likeness (QED) is 0.826. The molecule has 0 aliphatic rings. The molecular formula is C11H13ClO2S. The first-order valence-corrected chi connectivity index (χ1v) is 6.19. The fourth-order valence-electron chi connectivity index (χ4n) is 1.30. The van der Waals surface area contributed by atoms with E-state index in [1.54, 1.807) is 18.7 Å². The third-order valence-corrected chi connectivity index (χ3v) is 3.06. The Labute approximate surface area is 98.6 Å². The van der Waals surface area contributed by atoms with Gasteiger partial charge in [0.2, 0.25) is 0 Å². The zero-order valence-electron chi connectivity index (χ0n) is 8.66. The van der Waals surface area contributed by atoms with Gasteiger partial charge in [0.05, 0.1) is 5.92 Å². The van der Waals surface area contributed by atoms with Crippen LogP contribution in [0.1, 0.15) is 12.5 Å². The number of halogens is 1. The molecule has 1 aromatic rings. The lowest BCUT2D eigenvalue weighted by molar-refractivity contribution is -0.141. The van der Waals surface area contributed by atoms with E-state index in [1.807, 2.05) is 24.5 Å². The molecule has 1 rings (SSSR count). The Balaban J connectivity index is 2.85. The van der Waals surface area contributed by atoms with Gasteiger partial charge in [0, 0.05) is 9.92 Å². The Morgan fingerprint density at radius 3 is 2.73 bits per heavy atom. The molecule has 0 spiro atoms. The fraction of sp³-hybridized carbons (Fsp3) is 0.364. The zero-order valence-corrected chi connectivity index (χ0v) is 10.2. The lowest BCUT2D eigenvalue weighted by atomic mass is 10.0. The van der Waals surface area contributed by atoms with Crippen molar-refractivity contribution in [3.63, 3.8) is 0 Å². The molecule has 0 saturated heterocycles. The van der Waals surface area contributed by atoms with Crippen molar-refractivity contribution in [3.05, 3.63) is 28.8 Å². The lowest BCUT2D eigenvalue weighted by Crippen LogP contribution is -2.12. The molecule has 1 unspecified atom stereocenters. The van der Waals surface area contributed by atoms with Crippen molar-refractivity contribution < 1.29 is 9.90 Å². The molecule has 15 heavy (non-hydrogen) atoms. The van der Waals surface area contributed by atoms with Crippen LogP contribution in [0.15, 0.2) is 23.1 Å². The van der Waals surface area contributed by atoms with Crippen LogP contribution in [0.4, 0.5) is 0 Å². The number of benzene rings is 1. The van der Waals surface area contributed by atoms with E-state index in [2.05, 4.69) is 0 Å². The van der Waals surface area contributed by atoms with Crippen molar-refractivity contribution in [1.29, 1.82) is 0 Å². The van der Waals surface area contributed by atoms with Crippen LogP contribution in [0, 0.1) is 5.92 Å². The Morgan fingerprint density at radius 2 is 2.20 bits per heavy atom. The number of carbonyl (C=O) groups is 1. The van der Waals surface area contributed by atoms with Crippen molar-refractivity contribution in [2.24, 2.45) is 5.92 Å². The molecule has 82 valence electrons. The molecule has 0 heterocycles. The molecule has 2 nitrogen and oxygen atoms in total. The van der Waals surface area contributed by atoms with E-state index in [0.717, 1.165) is 10.5 Å². The van der Waals surface area contributed by atoms with Crippen LogP contribution in [0.2, 0.25) is 5.02 Å². The standard InChI is InChI=1S/C11H13ClO2S/c1-7(11(13)14)3-8-4-9(12)6-10(5-8)15-2/h4-7H,3H2,1-2H3,(H,13,14). The van der Waals surface area contributed by atoms with Gasteiger partial charge in [-0.1, -0.05) is 18.5 Å². The molecule has 1 N–H and O–H groups in total. The number of aliphatic carboxylic acids is 1. The van der Waals surface area contributed by atoms with Gasteiger partial charge in [-0.05, 0) is 36.4 Å². The molecular weight excluding hydrogens is 232 g/mol. The van der Waals surface area contributed by atoms with Gasteiger partial charge in [-0.2, -0.15) is 0 Å². The van der Waals surface area contributed by atoms with E-state index in [1.165, 1.54) is 0 Å². The van der Waals surface area contributed by atoms with Crippen LogP contribution in [0.3, 0.4) is 0 Å². The molecule has 0 aliphatic carbocycles. The predicted octanol–water partition coefficient (Wildman–Crippen LogP) is 3.33. The SMILES string of the molecule is CSc1cc(Cl)cc(CC(C)C(=O)O)c1. The monoisotopic (exact) mass is 244 g/mol. The van der Waals surface area contributed by atoms with E-state index in [0.29, 0.717) is 11.4 Å². The summed E-state index contributed by atoms with van der Waals surface area (Å²) in [5.41, 5.74) is 0.974. The highest BCUT2D eigenvalue weighted by Gasteiger charge is 2.12. The van der Waals surface area contributed by atoms with Crippen molar-refractivity contribution >= 4 is 29.3 Å². The summed E-state index contributed by atoms with van der Waals surface area (Å²) in [6.07, 6.45) is 2.49. The first-order valence-electron chi connectivity index (χ1n) is 4.59. The molecule has 0 aromatic heterocycles. The second kappa shape index (κ2) is 5.42. The minimum atomic E-state index is -0.777. The fourth-order valence-corrected chi connectivity index (χ4v) is 2.13. The Bertz CT molecular complexity index is 366. The summed E-state index contributed by atoms with van der Waals surface area (Å²) >= 11 is 7.53. The molecule has 0 bridgehead atoms. The number of hydrogen-bond donors (Lipinski definition) is 1. The maximum absolute atomic E-state index is 10.7. The normalized spacial score (nSPS) is 12.5. The number of carboxylic acids is 1. The average Bonchev–Trinajstić information content (AvgIpc) is 2.16. The predicted molar refractivity (Wildman–Crippen MR) is 63.7 cm³/mol. The second-order valence-electron chi connectivity index (χ2n) is 3.44. The van der Waals surface area contributed by atoms with Crippen molar-refractivity contribution in [2.75, 3.05) is 6.26 Å². The first kappa shape index (κ1) is 12.4. The largest absolute Gasteiger partial charge is 0.481 e. The van der Waals surface area contributed by atoms with Crippen molar-refractivity contribution in [3.8, 4) is 0 Å². The van der Waals surface area contributed by atoms with Crippen LogP contribution in [-0.2, 0) is 11.2 Å². The topological polar surface area (TPSA) is 37.3 Å². The summed E-state index contributed by atoms with van der Waals surface area (Å²) in [4.78, 5) is 11.8. The van der Waals surface area contributed by atoms with Gasteiger partial charge in [0.25, 0.3) is 0 Å². The highest BCUT2D eigenvalue weighted by Crippen LogP contribution is 2.23. The molecule has 0 radical (unpaired) electrons. The van der Waals surface area contributed by atoms with E-state index in [-0.39, 0.29) is 5.92 Å². The lowest BCUT2D eigenvalue weighted by Gasteiger charge is -2.08. The smallest absolute Gasteiger partial charge is 0.306 e. The Morgan fingerprint density at radius 1 is 1.53 bits per heavy atom. The highest BCUT2D eigenvalue weighted by atomic mass is 35.5. The van der Waals surface area contributed by atoms with Gasteiger partial charge in [-0.15, -0.1) is 11.8 Å². The number of carboxylic acid groups (broad SMARTS) is 1. The van der Waals surface area contributed by atoms with Gasteiger partial charge in [0.15, 0.2) is 0 Å². The molecule has 1 atom stereocenters. The maximum atomic E-state index is 10.7. The minimum absolute atomic E-state index is 0.377. The van der Waals surface area contributed by atoms with Crippen LogP contribution in [0.25, 0.3) is 0 Å². The molecule has 0 aliphatic heterocycles. The number of thioether (sulfide) groups is 1. The summed E-state index contributed by atoms with van der Waals surface area (Å²) in [7, 11) is 0. The summed E-state index contributed by atoms with van der Waals surface area (Å²) in [5.74, 6) is -1.15. The average molecular weight is 245 g/mol. The van der Waals surface area contributed by atoms with Crippen molar-refractivity contribution in [2.45, 2.75) is 18.2 Å². The minimum Gasteiger partial charge on any atom is -0.481 e. The third-order valence-electron chi connectivity index (χ3n) is 2.13. The van der Waals surface area contributed by atoms with Crippen LogP contribution in [-0.4, -0.2) is 17.3 Å². The van der Waals surface area contributed by atoms with Gasteiger partial charge >= 0.3 is 5.97 Å². The summed E-state index contributed by atoms with van der Waals surface area (Å²) < 4.78 is 0. The van der Waals surface area contributed by atoms with E-state index in [9.17, 15) is 4.79 Å². The zero-order chi connectivity index (χ0) is 11.4. The Kier molecular flexibility index (Phi) is 4.48. The summed E-state index contributed by atoms with van der Waals surface area (Å²) in [5, 5.41) is 9.46. The molecule has 4 heteroatoms. The number of rotatable bonds is 4. The highest BCUT2D eigenvalue weighted by molar-refractivity contribution is 7.98. The molecule has 0 saturated carbocycles. The van der Waals surface area contributed by atoms with Gasteiger partial charge in [0.1, 0.15) is 0 Å². The first-order chi connectivity index (χ1) is 7.02. The van der Waals surface area contributed by atoms with Crippen LogP contribution in [0.5, 0.6) is 0 Å². The van der Waals surface area contributed by atoms with Gasteiger partial charge in [-0.3, -0.25) is 4.79 Å². The summed E-state index contributed by atoms with van der Waals surface area (Å²) in [6, 6.07) is 5.68.